The van der Waals surface area contributed by atoms with Crippen molar-refractivity contribution in [1.29, 1.82) is 0 Å². The number of carbonyl (C=O) groups excluding carboxylic acids is 1. The molecule has 0 aliphatic carbocycles. The van der Waals surface area contributed by atoms with Gasteiger partial charge >= 0.3 is 12.1 Å². The van der Waals surface area contributed by atoms with E-state index in [1.54, 1.807) is 0 Å². The fourth-order valence-corrected chi connectivity index (χ4v) is 0.627. The van der Waals surface area contributed by atoms with E-state index in [-0.39, 0.29) is 0 Å². The van der Waals surface area contributed by atoms with Gasteiger partial charge in [0, 0.05) is 0 Å². The van der Waals surface area contributed by atoms with E-state index >= 15 is 0 Å². The molecular formula is C5H4F3O2. The molecule has 10 heavy (non-hydrogen) atoms. The van der Waals surface area contributed by atoms with Crippen molar-refractivity contribution in [3.05, 3.63) is 6.61 Å². The molecule has 1 aliphatic rings. The lowest BCUT2D eigenvalue weighted by molar-refractivity contribution is -0.165. The number of esters is 1. The van der Waals surface area contributed by atoms with Gasteiger partial charge in [0.05, 0.1) is 6.42 Å². The Bertz CT molecular complexity index is 151. The number of carbonyl (C=O) groups is 1. The monoisotopic (exact) mass is 153 g/mol. The summed E-state index contributed by atoms with van der Waals surface area (Å²) >= 11 is 0. The van der Waals surface area contributed by atoms with Crippen LogP contribution in [0.5, 0.6) is 0 Å². The molecule has 0 saturated carbocycles. The first kappa shape index (κ1) is 7.37. The topological polar surface area (TPSA) is 26.3 Å². The van der Waals surface area contributed by atoms with Crippen molar-refractivity contribution in [1.82, 2.24) is 0 Å². The highest BCUT2D eigenvalue weighted by molar-refractivity contribution is 5.72. The summed E-state index contributed by atoms with van der Waals surface area (Å²) in [5.74, 6) is -2.53. The number of hydrogen-bond donors (Lipinski definition) is 0. The maximum Gasteiger partial charge on any atom is 0.396 e. The fourth-order valence-electron chi connectivity index (χ4n) is 0.627. The van der Waals surface area contributed by atoms with Gasteiger partial charge in [0.25, 0.3) is 0 Å². The van der Waals surface area contributed by atoms with Crippen LogP contribution in [0.1, 0.15) is 6.42 Å². The quantitative estimate of drug-likeness (QED) is 0.490. The first-order valence-electron chi connectivity index (χ1n) is 2.59. The van der Waals surface area contributed by atoms with Gasteiger partial charge < -0.3 is 4.74 Å². The van der Waals surface area contributed by atoms with Gasteiger partial charge in [-0.1, -0.05) is 0 Å². The summed E-state index contributed by atoms with van der Waals surface area (Å²) in [5, 5.41) is 0. The molecule has 0 spiro atoms. The molecule has 1 rings (SSSR count). The second-order valence-corrected chi connectivity index (χ2v) is 1.98. The minimum atomic E-state index is -4.34. The Morgan fingerprint density at radius 1 is 1.60 bits per heavy atom. The molecule has 0 aromatic rings. The molecule has 5 heteroatoms. The fraction of sp³-hybridized carbons (Fsp3) is 0.600. The Balaban J connectivity index is 2.53. The highest BCUT2D eigenvalue weighted by Gasteiger charge is 2.45. The molecule has 0 N–H and O–H groups in total. The summed E-state index contributed by atoms with van der Waals surface area (Å²) in [6.45, 7) is 0.530. The molecule has 0 bridgehead atoms. The third-order valence-electron chi connectivity index (χ3n) is 1.17. The molecule has 1 unspecified atom stereocenters. The van der Waals surface area contributed by atoms with Crippen LogP contribution in [0.4, 0.5) is 13.2 Å². The van der Waals surface area contributed by atoms with Crippen molar-refractivity contribution >= 4 is 5.97 Å². The van der Waals surface area contributed by atoms with Crippen molar-refractivity contribution in [2.45, 2.75) is 12.6 Å². The third-order valence-corrected chi connectivity index (χ3v) is 1.17. The van der Waals surface area contributed by atoms with E-state index in [0.717, 1.165) is 0 Å². The smallest absolute Gasteiger partial charge is 0.396 e. The van der Waals surface area contributed by atoms with E-state index in [2.05, 4.69) is 4.74 Å². The zero-order valence-corrected chi connectivity index (χ0v) is 4.81. The Hall–Kier alpha value is -0.740. The third kappa shape index (κ3) is 1.40. The largest absolute Gasteiger partial charge is 0.458 e. The molecule has 1 atom stereocenters. The minimum absolute atomic E-state index is 0.530. The van der Waals surface area contributed by atoms with E-state index in [4.69, 9.17) is 0 Å². The van der Waals surface area contributed by atoms with Gasteiger partial charge in [-0.2, -0.15) is 13.2 Å². The van der Waals surface area contributed by atoms with Crippen LogP contribution in [0.3, 0.4) is 0 Å². The SMILES string of the molecule is O=C1CC(C(F)(F)F)[CH]O1. The second kappa shape index (κ2) is 2.14. The molecule has 1 saturated heterocycles. The van der Waals surface area contributed by atoms with E-state index in [9.17, 15) is 18.0 Å². The summed E-state index contributed by atoms with van der Waals surface area (Å²) in [4.78, 5) is 10.1. The van der Waals surface area contributed by atoms with Gasteiger partial charge in [0.2, 0.25) is 0 Å². The number of rotatable bonds is 0. The van der Waals surface area contributed by atoms with Crippen molar-refractivity contribution in [2.75, 3.05) is 0 Å². The van der Waals surface area contributed by atoms with Crippen LogP contribution in [0.2, 0.25) is 0 Å². The molecule has 0 amide bonds. The molecule has 0 aromatic heterocycles. The molecule has 1 aliphatic heterocycles. The Morgan fingerprint density at radius 2 is 2.20 bits per heavy atom. The lowest BCUT2D eigenvalue weighted by Crippen LogP contribution is -2.20. The van der Waals surface area contributed by atoms with Crippen LogP contribution in [-0.4, -0.2) is 12.1 Å². The lowest BCUT2D eigenvalue weighted by atomic mass is 10.1. The van der Waals surface area contributed by atoms with Crippen LogP contribution in [0.25, 0.3) is 0 Å². The molecule has 1 heterocycles. The summed E-state index contributed by atoms with van der Waals surface area (Å²) in [7, 11) is 0. The van der Waals surface area contributed by atoms with Crippen LogP contribution >= 0.6 is 0 Å². The maximum atomic E-state index is 11.7. The number of hydrogen-bond acceptors (Lipinski definition) is 2. The van der Waals surface area contributed by atoms with E-state index in [0.29, 0.717) is 6.61 Å². The lowest BCUT2D eigenvalue weighted by Gasteiger charge is -2.08. The second-order valence-electron chi connectivity index (χ2n) is 1.98. The minimum Gasteiger partial charge on any atom is -0.458 e. The average Bonchev–Trinajstić information content (AvgIpc) is 2.11. The van der Waals surface area contributed by atoms with Crippen LogP contribution in [-0.2, 0) is 9.53 Å². The van der Waals surface area contributed by atoms with Crippen molar-refractivity contribution in [3.8, 4) is 0 Å². The van der Waals surface area contributed by atoms with Gasteiger partial charge in [0.1, 0.15) is 5.92 Å². The Labute approximate surface area is 55.0 Å². The van der Waals surface area contributed by atoms with E-state index in [1.165, 1.54) is 0 Å². The highest BCUT2D eigenvalue weighted by atomic mass is 19.4. The normalized spacial score (nSPS) is 26.7. The highest BCUT2D eigenvalue weighted by Crippen LogP contribution is 2.34. The molecular weight excluding hydrogens is 149 g/mol. The molecule has 57 valence electrons. The Morgan fingerprint density at radius 3 is 2.40 bits per heavy atom. The molecule has 2 nitrogen and oxygen atoms in total. The predicted molar refractivity (Wildman–Crippen MR) is 24.6 cm³/mol. The maximum absolute atomic E-state index is 11.7. The number of alkyl halides is 3. The predicted octanol–water partition coefficient (Wildman–Crippen LogP) is 1.27. The van der Waals surface area contributed by atoms with Gasteiger partial charge in [-0.3, -0.25) is 4.79 Å². The number of ether oxygens (including phenoxy) is 1. The van der Waals surface area contributed by atoms with Crippen LogP contribution in [0, 0.1) is 12.5 Å². The first-order chi connectivity index (χ1) is 4.50. The molecule has 1 fully saturated rings. The van der Waals surface area contributed by atoms with Gasteiger partial charge in [-0.25, -0.2) is 0 Å². The van der Waals surface area contributed by atoms with Gasteiger partial charge in [0.15, 0.2) is 6.61 Å². The standard InChI is InChI=1S/C5H4F3O2/c6-5(7,8)3-1-4(9)10-2-3/h2-3H,1H2. The van der Waals surface area contributed by atoms with Crippen LogP contribution in [0.15, 0.2) is 0 Å². The number of cyclic esters (lactones) is 1. The number of halogens is 3. The molecule has 0 aromatic carbocycles. The summed E-state index contributed by atoms with van der Waals surface area (Å²) in [6.07, 6.45) is -4.92. The van der Waals surface area contributed by atoms with Gasteiger partial charge in [-0.15, -0.1) is 0 Å². The van der Waals surface area contributed by atoms with Crippen molar-refractivity contribution < 1.29 is 22.7 Å². The average molecular weight is 153 g/mol. The van der Waals surface area contributed by atoms with Crippen LogP contribution < -0.4 is 0 Å². The summed E-state index contributed by atoms with van der Waals surface area (Å²) in [5.41, 5.74) is 0. The summed E-state index contributed by atoms with van der Waals surface area (Å²) < 4.78 is 39.0. The van der Waals surface area contributed by atoms with Crippen molar-refractivity contribution in [2.24, 2.45) is 5.92 Å². The van der Waals surface area contributed by atoms with Crippen molar-refractivity contribution in [3.63, 3.8) is 0 Å². The zero-order chi connectivity index (χ0) is 7.78. The van der Waals surface area contributed by atoms with E-state index < -0.39 is 24.5 Å². The zero-order valence-electron chi connectivity index (χ0n) is 4.81. The summed E-state index contributed by atoms with van der Waals surface area (Å²) in [6, 6.07) is 0. The first-order valence-corrected chi connectivity index (χ1v) is 2.59. The van der Waals surface area contributed by atoms with Gasteiger partial charge in [-0.05, 0) is 0 Å². The molecule has 1 radical (unpaired) electrons. The van der Waals surface area contributed by atoms with E-state index in [1.807, 2.05) is 0 Å². The Kier molecular flexibility index (Phi) is 1.58.